The van der Waals surface area contributed by atoms with Crippen molar-refractivity contribution in [2.24, 2.45) is 11.8 Å². The number of hydrogen-bond donors (Lipinski definition) is 1. The summed E-state index contributed by atoms with van der Waals surface area (Å²) in [5, 5.41) is 1.07. The van der Waals surface area contributed by atoms with Gasteiger partial charge >= 0.3 is 0 Å². The Bertz CT molecular complexity index is 365. The molecule has 0 saturated carbocycles. The van der Waals surface area contributed by atoms with E-state index in [1.807, 2.05) is 0 Å². The van der Waals surface area contributed by atoms with Crippen molar-refractivity contribution < 1.29 is 4.74 Å². The van der Waals surface area contributed by atoms with Gasteiger partial charge in [0.15, 0.2) is 16.6 Å². The summed E-state index contributed by atoms with van der Waals surface area (Å²) in [7, 11) is 1.66. The molecule has 0 aromatic carbocycles. The second-order valence-corrected chi connectivity index (χ2v) is 6.51. The molecule has 1 heterocycles. The van der Waals surface area contributed by atoms with Gasteiger partial charge in [-0.05, 0) is 36.2 Å². The molecule has 5 heteroatoms. The van der Waals surface area contributed by atoms with E-state index < -0.39 is 0 Å². The van der Waals surface area contributed by atoms with Crippen LogP contribution in [0.25, 0.3) is 0 Å². The molecule has 1 aromatic heterocycles. The van der Waals surface area contributed by atoms with Gasteiger partial charge in [0.2, 0.25) is 0 Å². The van der Waals surface area contributed by atoms with E-state index >= 15 is 0 Å². The lowest BCUT2D eigenvalue weighted by Gasteiger charge is -2.25. The molecule has 0 saturated heterocycles. The molecule has 0 atom stereocenters. The molecule has 0 amide bonds. The molecule has 0 aliphatic rings. The summed E-state index contributed by atoms with van der Waals surface area (Å²) in [6, 6.07) is 0. The Hall–Kier alpha value is -0.970. The number of nitrogens with two attached hydrogens (primary N) is 1. The van der Waals surface area contributed by atoms with Crippen molar-refractivity contribution >= 4 is 22.4 Å². The van der Waals surface area contributed by atoms with E-state index in [0.717, 1.165) is 23.8 Å². The third-order valence-electron chi connectivity index (χ3n) is 3.10. The van der Waals surface area contributed by atoms with Crippen LogP contribution < -0.4 is 15.4 Å². The number of nitrogens with zero attached hydrogens (tertiary/aromatic N) is 2. The lowest BCUT2D eigenvalue weighted by Crippen LogP contribution is -2.27. The maximum Gasteiger partial charge on any atom is 0.197 e. The van der Waals surface area contributed by atoms with E-state index in [-0.39, 0.29) is 0 Å². The van der Waals surface area contributed by atoms with Crippen molar-refractivity contribution in [3.8, 4) is 5.75 Å². The molecule has 2 N–H and O–H groups in total. The maximum absolute atomic E-state index is 5.85. The molecular formula is C14H27N3OS. The molecule has 1 rings (SSSR count). The van der Waals surface area contributed by atoms with Gasteiger partial charge in [0.05, 0.1) is 7.11 Å². The van der Waals surface area contributed by atoms with Gasteiger partial charge < -0.3 is 15.4 Å². The monoisotopic (exact) mass is 285 g/mol. The zero-order valence-electron chi connectivity index (χ0n) is 12.8. The predicted octanol–water partition coefficient (Wildman–Crippen LogP) is 3.63. The highest BCUT2D eigenvalue weighted by atomic mass is 32.1. The highest BCUT2D eigenvalue weighted by Crippen LogP contribution is 2.38. The Morgan fingerprint density at radius 1 is 1.16 bits per heavy atom. The molecule has 0 aliphatic heterocycles. The summed E-state index contributed by atoms with van der Waals surface area (Å²) < 4.78 is 9.61. The molecule has 19 heavy (non-hydrogen) atoms. The molecule has 0 fully saturated rings. The van der Waals surface area contributed by atoms with Crippen LogP contribution in [0, 0.1) is 11.8 Å². The average Bonchev–Trinajstić information content (AvgIpc) is 2.69. The minimum absolute atomic E-state index is 0.501. The molecule has 0 unspecified atom stereocenters. The third-order valence-corrected chi connectivity index (χ3v) is 4.01. The number of ether oxygens (including phenoxy) is 1. The Balaban J connectivity index is 2.81. The SMILES string of the molecule is COc1c(N)nsc1N(CCC(C)C)CCC(C)C. The molecule has 1 aromatic rings. The average molecular weight is 285 g/mol. The van der Waals surface area contributed by atoms with Gasteiger partial charge in [-0.15, -0.1) is 0 Å². The van der Waals surface area contributed by atoms with Gasteiger partial charge in [-0.1, -0.05) is 27.7 Å². The summed E-state index contributed by atoms with van der Waals surface area (Å²) in [5.74, 6) is 2.62. The fraction of sp³-hybridized carbons (Fsp3) is 0.786. The molecular weight excluding hydrogens is 258 g/mol. The summed E-state index contributed by atoms with van der Waals surface area (Å²) in [5.41, 5.74) is 5.85. The van der Waals surface area contributed by atoms with Gasteiger partial charge in [0.1, 0.15) is 0 Å². The van der Waals surface area contributed by atoms with E-state index in [4.69, 9.17) is 10.5 Å². The van der Waals surface area contributed by atoms with Crippen LogP contribution in [0.15, 0.2) is 0 Å². The summed E-state index contributed by atoms with van der Waals surface area (Å²) in [6.07, 6.45) is 2.33. The van der Waals surface area contributed by atoms with Crippen LogP contribution >= 0.6 is 11.5 Å². The molecule has 0 spiro atoms. The Morgan fingerprint density at radius 2 is 1.68 bits per heavy atom. The number of aromatic nitrogens is 1. The minimum atomic E-state index is 0.501. The third kappa shape index (κ3) is 4.90. The van der Waals surface area contributed by atoms with Crippen molar-refractivity contribution in [2.75, 3.05) is 30.8 Å². The Kier molecular flexibility index (Phi) is 6.42. The van der Waals surface area contributed by atoms with E-state index in [9.17, 15) is 0 Å². The zero-order chi connectivity index (χ0) is 14.4. The second kappa shape index (κ2) is 7.58. The first-order valence-corrected chi connectivity index (χ1v) is 7.77. The highest BCUT2D eigenvalue weighted by molar-refractivity contribution is 7.11. The van der Waals surface area contributed by atoms with E-state index in [2.05, 4.69) is 37.0 Å². The molecule has 0 bridgehead atoms. The van der Waals surface area contributed by atoms with Gasteiger partial charge in [-0.25, -0.2) is 0 Å². The first-order chi connectivity index (χ1) is 8.95. The van der Waals surface area contributed by atoms with Gasteiger partial charge in [-0.2, -0.15) is 4.37 Å². The number of anilines is 2. The normalized spacial score (nSPS) is 11.3. The highest BCUT2D eigenvalue weighted by Gasteiger charge is 2.19. The van der Waals surface area contributed by atoms with Gasteiger partial charge in [0.25, 0.3) is 0 Å². The van der Waals surface area contributed by atoms with Crippen LogP contribution in [0.5, 0.6) is 5.75 Å². The van der Waals surface area contributed by atoms with E-state index in [0.29, 0.717) is 17.7 Å². The Labute approximate surface area is 121 Å². The van der Waals surface area contributed by atoms with Gasteiger partial charge in [-0.3, -0.25) is 0 Å². The first-order valence-electron chi connectivity index (χ1n) is 6.99. The van der Waals surface area contributed by atoms with E-state index in [1.165, 1.54) is 24.4 Å². The van der Waals surface area contributed by atoms with E-state index in [1.54, 1.807) is 7.11 Å². The summed E-state index contributed by atoms with van der Waals surface area (Å²) in [6.45, 7) is 11.1. The van der Waals surface area contributed by atoms with Crippen molar-refractivity contribution in [1.82, 2.24) is 4.37 Å². The second-order valence-electron chi connectivity index (χ2n) is 5.76. The molecule has 4 nitrogen and oxygen atoms in total. The number of hydrogen-bond acceptors (Lipinski definition) is 5. The largest absolute Gasteiger partial charge is 0.490 e. The van der Waals surface area contributed by atoms with Crippen LogP contribution in [-0.4, -0.2) is 24.6 Å². The maximum atomic E-state index is 5.85. The van der Waals surface area contributed by atoms with Crippen LogP contribution in [0.2, 0.25) is 0 Å². The quantitative estimate of drug-likeness (QED) is 0.792. The lowest BCUT2D eigenvalue weighted by molar-refractivity contribution is 0.416. The standard InChI is InChI=1S/C14H27N3OS/c1-10(2)6-8-17(9-7-11(3)4)14-12(18-5)13(15)16-19-14/h10-11H,6-9H2,1-5H3,(H2,15,16). The van der Waals surface area contributed by atoms with Crippen molar-refractivity contribution in [3.63, 3.8) is 0 Å². The minimum Gasteiger partial charge on any atom is -0.490 e. The van der Waals surface area contributed by atoms with Crippen LogP contribution in [-0.2, 0) is 0 Å². The van der Waals surface area contributed by atoms with Crippen LogP contribution in [0.3, 0.4) is 0 Å². The fourth-order valence-electron chi connectivity index (χ4n) is 1.82. The molecule has 0 radical (unpaired) electrons. The first kappa shape index (κ1) is 16.1. The summed E-state index contributed by atoms with van der Waals surface area (Å²) >= 11 is 1.44. The van der Waals surface area contributed by atoms with Crippen molar-refractivity contribution in [1.29, 1.82) is 0 Å². The van der Waals surface area contributed by atoms with Crippen LogP contribution in [0.4, 0.5) is 10.8 Å². The number of rotatable bonds is 8. The van der Waals surface area contributed by atoms with Crippen molar-refractivity contribution in [3.05, 3.63) is 0 Å². The number of methoxy groups -OCH3 is 1. The summed E-state index contributed by atoms with van der Waals surface area (Å²) in [4.78, 5) is 2.37. The van der Waals surface area contributed by atoms with Crippen molar-refractivity contribution in [2.45, 2.75) is 40.5 Å². The predicted molar refractivity (Wildman–Crippen MR) is 84.2 cm³/mol. The lowest BCUT2D eigenvalue weighted by atomic mass is 10.1. The van der Waals surface area contributed by atoms with Gasteiger partial charge in [0, 0.05) is 13.1 Å². The smallest absolute Gasteiger partial charge is 0.197 e. The number of nitrogen functional groups attached to an aromatic ring is 1. The fourth-order valence-corrected chi connectivity index (χ4v) is 2.66. The Morgan fingerprint density at radius 3 is 2.11 bits per heavy atom. The zero-order valence-corrected chi connectivity index (χ0v) is 13.6. The molecule has 110 valence electrons. The topological polar surface area (TPSA) is 51.4 Å². The van der Waals surface area contributed by atoms with Crippen LogP contribution in [0.1, 0.15) is 40.5 Å². The molecule has 0 aliphatic carbocycles.